The average Bonchev–Trinajstić information content (AvgIpc) is 2.36. The quantitative estimate of drug-likeness (QED) is 0.879. The van der Waals surface area contributed by atoms with Gasteiger partial charge in [-0.25, -0.2) is 4.39 Å². The molecule has 0 aromatic heterocycles. The summed E-state index contributed by atoms with van der Waals surface area (Å²) in [4.78, 5) is 11.8. The Morgan fingerprint density at radius 3 is 2.68 bits per heavy atom. The van der Waals surface area contributed by atoms with Crippen LogP contribution < -0.4 is 5.32 Å². The van der Waals surface area contributed by atoms with E-state index >= 15 is 0 Å². The second-order valence-electron chi connectivity index (χ2n) is 3.94. The van der Waals surface area contributed by atoms with Gasteiger partial charge >= 0.3 is 0 Å². The van der Waals surface area contributed by atoms with Gasteiger partial charge in [0.2, 0.25) is 5.91 Å². The number of rotatable bonds is 3. The highest BCUT2D eigenvalue weighted by Gasteiger charge is 2.10. The molecular formula is C14H10BrClFNO. The van der Waals surface area contributed by atoms with Crippen LogP contribution in [0.25, 0.3) is 0 Å². The summed E-state index contributed by atoms with van der Waals surface area (Å²) < 4.78 is 14.3. The summed E-state index contributed by atoms with van der Waals surface area (Å²) in [6, 6.07) is 11.5. The zero-order valence-electron chi connectivity index (χ0n) is 9.79. The van der Waals surface area contributed by atoms with Gasteiger partial charge in [0.1, 0.15) is 5.82 Å². The molecule has 0 aliphatic rings. The molecule has 0 aliphatic carbocycles. The Balaban J connectivity index is 2.08. The Bertz CT molecular complexity index is 618. The summed E-state index contributed by atoms with van der Waals surface area (Å²) in [5.74, 6) is -0.761. The Hall–Kier alpha value is -1.39. The highest BCUT2D eigenvalue weighted by molar-refractivity contribution is 9.10. The normalized spacial score (nSPS) is 10.3. The molecule has 2 nitrogen and oxygen atoms in total. The van der Waals surface area contributed by atoms with Crippen LogP contribution >= 0.6 is 27.5 Å². The van der Waals surface area contributed by atoms with Gasteiger partial charge in [-0.1, -0.05) is 29.8 Å². The average molecular weight is 343 g/mol. The first kappa shape index (κ1) is 14.0. The van der Waals surface area contributed by atoms with E-state index in [2.05, 4.69) is 21.2 Å². The van der Waals surface area contributed by atoms with Crippen LogP contribution in [0.2, 0.25) is 5.02 Å². The minimum atomic E-state index is -0.477. The molecule has 1 amide bonds. The molecule has 0 spiro atoms. The fraction of sp³-hybridized carbons (Fsp3) is 0.0714. The van der Waals surface area contributed by atoms with Crippen LogP contribution in [0.15, 0.2) is 46.9 Å². The van der Waals surface area contributed by atoms with Crippen LogP contribution in [0.3, 0.4) is 0 Å². The lowest BCUT2D eigenvalue weighted by Crippen LogP contribution is -2.15. The topological polar surface area (TPSA) is 29.1 Å². The molecule has 0 radical (unpaired) electrons. The monoisotopic (exact) mass is 341 g/mol. The molecule has 5 heteroatoms. The fourth-order valence-corrected chi connectivity index (χ4v) is 2.14. The zero-order valence-corrected chi connectivity index (χ0v) is 12.1. The van der Waals surface area contributed by atoms with Gasteiger partial charge in [0.05, 0.1) is 12.1 Å². The molecule has 0 bridgehead atoms. The first-order chi connectivity index (χ1) is 9.06. The summed E-state index contributed by atoms with van der Waals surface area (Å²) in [6.45, 7) is 0. The maximum atomic E-state index is 13.6. The Morgan fingerprint density at radius 2 is 2.00 bits per heavy atom. The molecule has 1 N–H and O–H groups in total. The number of carbonyl (C=O) groups excluding carboxylic acids is 1. The number of para-hydroxylation sites is 1. The molecule has 98 valence electrons. The van der Waals surface area contributed by atoms with Gasteiger partial charge in [-0.15, -0.1) is 0 Å². The van der Waals surface area contributed by atoms with Gasteiger partial charge in [0, 0.05) is 9.50 Å². The van der Waals surface area contributed by atoms with Crippen LogP contribution in [0, 0.1) is 5.82 Å². The van der Waals surface area contributed by atoms with E-state index in [0.717, 1.165) is 4.47 Å². The number of hydrogen-bond donors (Lipinski definition) is 1. The number of halogens is 3. The maximum Gasteiger partial charge on any atom is 0.228 e. The van der Waals surface area contributed by atoms with E-state index in [9.17, 15) is 9.18 Å². The largest absolute Gasteiger partial charge is 0.325 e. The highest BCUT2D eigenvalue weighted by atomic mass is 79.9. The van der Waals surface area contributed by atoms with Crippen molar-refractivity contribution in [1.82, 2.24) is 0 Å². The second-order valence-corrected chi connectivity index (χ2v) is 5.23. The predicted octanol–water partition coefficient (Wildman–Crippen LogP) is 4.42. The Morgan fingerprint density at radius 1 is 1.26 bits per heavy atom. The minimum absolute atomic E-state index is 0.0374. The van der Waals surface area contributed by atoms with Crippen LogP contribution in [0.5, 0.6) is 0 Å². The van der Waals surface area contributed by atoms with E-state index in [1.165, 1.54) is 12.1 Å². The number of nitrogens with one attached hydrogen (secondary N) is 1. The third-order valence-corrected chi connectivity index (χ3v) is 3.44. The summed E-state index contributed by atoms with van der Waals surface area (Å²) in [5.41, 5.74) is 0.968. The first-order valence-corrected chi connectivity index (χ1v) is 6.71. The van der Waals surface area contributed by atoms with Gasteiger partial charge in [0.25, 0.3) is 0 Å². The lowest BCUT2D eigenvalue weighted by Gasteiger charge is -2.08. The van der Waals surface area contributed by atoms with Crippen molar-refractivity contribution in [2.75, 3.05) is 5.32 Å². The van der Waals surface area contributed by atoms with Crippen molar-refractivity contribution >= 4 is 39.1 Å². The van der Waals surface area contributed by atoms with Crippen molar-refractivity contribution in [2.45, 2.75) is 6.42 Å². The van der Waals surface area contributed by atoms with E-state index in [1.807, 2.05) is 18.2 Å². The summed E-state index contributed by atoms with van der Waals surface area (Å²) >= 11 is 8.99. The number of amides is 1. The lowest BCUT2D eigenvalue weighted by atomic mass is 10.1. The molecule has 0 fully saturated rings. The van der Waals surface area contributed by atoms with Gasteiger partial charge < -0.3 is 5.32 Å². The molecule has 0 atom stereocenters. The standard InChI is InChI=1S/C14H10BrClFNO/c15-11-3-1-2-4-13(11)18-14(19)7-9-5-6-10(16)8-12(9)17/h1-6,8H,7H2,(H,18,19). The molecule has 2 aromatic rings. The van der Waals surface area contributed by atoms with Crippen molar-refractivity contribution in [3.63, 3.8) is 0 Å². The second kappa shape index (κ2) is 6.17. The summed E-state index contributed by atoms with van der Waals surface area (Å²) in [6.07, 6.45) is -0.0374. The van der Waals surface area contributed by atoms with Crippen molar-refractivity contribution in [3.05, 3.63) is 63.3 Å². The van der Waals surface area contributed by atoms with Gasteiger partial charge in [0.15, 0.2) is 0 Å². The fourth-order valence-electron chi connectivity index (χ4n) is 1.60. The third kappa shape index (κ3) is 3.78. The first-order valence-electron chi connectivity index (χ1n) is 5.54. The summed E-state index contributed by atoms with van der Waals surface area (Å²) in [5, 5.41) is 3.03. The maximum absolute atomic E-state index is 13.6. The van der Waals surface area contributed by atoms with E-state index in [4.69, 9.17) is 11.6 Å². The van der Waals surface area contributed by atoms with Crippen LogP contribution in [0.1, 0.15) is 5.56 Å². The minimum Gasteiger partial charge on any atom is -0.325 e. The molecule has 0 unspecified atom stereocenters. The lowest BCUT2D eigenvalue weighted by molar-refractivity contribution is -0.115. The SMILES string of the molecule is O=C(Cc1ccc(Cl)cc1F)Nc1ccccc1Br. The van der Waals surface area contributed by atoms with Crippen molar-refractivity contribution < 1.29 is 9.18 Å². The third-order valence-electron chi connectivity index (χ3n) is 2.51. The van der Waals surface area contributed by atoms with Crippen LogP contribution in [0.4, 0.5) is 10.1 Å². The molecular weight excluding hydrogens is 333 g/mol. The molecule has 2 aromatic carbocycles. The number of carbonyl (C=O) groups is 1. The smallest absolute Gasteiger partial charge is 0.228 e. The van der Waals surface area contributed by atoms with Gasteiger partial charge in [-0.05, 0) is 45.8 Å². The Labute approximate surface area is 123 Å². The van der Waals surface area contributed by atoms with Crippen molar-refractivity contribution in [2.24, 2.45) is 0 Å². The summed E-state index contributed by atoms with van der Waals surface area (Å²) in [7, 11) is 0. The van der Waals surface area contributed by atoms with Crippen molar-refractivity contribution in [1.29, 1.82) is 0 Å². The van der Waals surface area contributed by atoms with E-state index < -0.39 is 5.82 Å². The van der Waals surface area contributed by atoms with E-state index in [-0.39, 0.29) is 12.3 Å². The Kier molecular flexibility index (Phi) is 4.56. The number of benzene rings is 2. The molecule has 0 heterocycles. The number of hydrogen-bond acceptors (Lipinski definition) is 1. The molecule has 19 heavy (non-hydrogen) atoms. The van der Waals surface area contributed by atoms with Crippen molar-refractivity contribution in [3.8, 4) is 0 Å². The van der Waals surface area contributed by atoms with E-state index in [0.29, 0.717) is 16.3 Å². The van der Waals surface area contributed by atoms with Gasteiger partial charge in [-0.3, -0.25) is 4.79 Å². The number of anilines is 1. The van der Waals surface area contributed by atoms with Gasteiger partial charge in [-0.2, -0.15) is 0 Å². The molecule has 0 aliphatic heterocycles. The molecule has 2 rings (SSSR count). The molecule has 0 saturated heterocycles. The highest BCUT2D eigenvalue weighted by Crippen LogP contribution is 2.22. The predicted molar refractivity (Wildman–Crippen MR) is 77.9 cm³/mol. The van der Waals surface area contributed by atoms with E-state index in [1.54, 1.807) is 12.1 Å². The van der Waals surface area contributed by atoms with Crippen LogP contribution in [-0.4, -0.2) is 5.91 Å². The molecule has 0 saturated carbocycles. The zero-order chi connectivity index (χ0) is 13.8. The van der Waals surface area contributed by atoms with Crippen LogP contribution in [-0.2, 0) is 11.2 Å².